The number of benzene rings is 2. The third-order valence-electron chi connectivity index (χ3n) is 3.62. The minimum Gasteiger partial charge on any atom is -0.113 e. The first-order valence-electron chi connectivity index (χ1n) is 6.38. The lowest BCUT2D eigenvalue weighted by molar-refractivity contribution is 1.06. The maximum atomic E-state index is 6.73. The second-order valence-electron chi connectivity index (χ2n) is 5.13. The monoisotopic (exact) mass is 292 g/mol. The van der Waals surface area contributed by atoms with Crippen LogP contribution in [0.25, 0.3) is 0 Å². The molecule has 1 unspecified atom stereocenters. The van der Waals surface area contributed by atoms with Gasteiger partial charge < -0.3 is 0 Å². The van der Waals surface area contributed by atoms with Gasteiger partial charge in [-0.25, -0.2) is 0 Å². The maximum Gasteiger partial charge on any atom is 0.0843 e. The molecule has 0 aromatic heterocycles. The van der Waals surface area contributed by atoms with Gasteiger partial charge in [-0.1, -0.05) is 35.9 Å². The molecule has 0 bridgehead atoms. The summed E-state index contributed by atoms with van der Waals surface area (Å²) in [5, 5.41) is 0.670. The van der Waals surface area contributed by atoms with Crippen molar-refractivity contribution >= 4 is 23.2 Å². The molecule has 0 saturated carbocycles. The normalized spacial score (nSPS) is 12.5. The van der Waals surface area contributed by atoms with Crippen LogP contribution in [0.3, 0.4) is 0 Å². The summed E-state index contributed by atoms with van der Waals surface area (Å²) in [5.74, 6) is 0. The summed E-state index contributed by atoms with van der Waals surface area (Å²) in [5.41, 5.74) is 7.01. The molecule has 2 aromatic carbocycles. The predicted molar refractivity (Wildman–Crippen MR) is 84.5 cm³/mol. The van der Waals surface area contributed by atoms with E-state index in [1.165, 1.54) is 16.7 Å². The van der Waals surface area contributed by atoms with Crippen molar-refractivity contribution < 1.29 is 0 Å². The van der Waals surface area contributed by atoms with E-state index in [9.17, 15) is 0 Å². The standard InChI is InChI=1S/C17H18Cl2/c1-10-6-5-7-11(2)16(10)17(19)14-8-13(4)15(18)9-12(14)3/h5-9,17H,1-4H3. The molecule has 0 amide bonds. The van der Waals surface area contributed by atoms with Crippen molar-refractivity contribution in [3.05, 3.63) is 68.7 Å². The number of halogens is 2. The van der Waals surface area contributed by atoms with Crippen LogP contribution in [0.2, 0.25) is 5.02 Å². The lowest BCUT2D eigenvalue weighted by atomic mass is 9.92. The van der Waals surface area contributed by atoms with E-state index in [0.29, 0.717) is 0 Å². The zero-order valence-corrected chi connectivity index (χ0v) is 13.2. The van der Waals surface area contributed by atoms with E-state index in [1.807, 2.05) is 13.0 Å². The number of aryl methyl sites for hydroxylation is 4. The third-order valence-corrected chi connectivity index (χ3v) is 4.48. The Bertz CT molecular complexity index is 595. The van der Waals surface area contributed by atoms with E-state index in [4.69, 9.17) is 23.2 Å². The Morgan fingerprint density at radius 3 is 2.00 bits per heavy atom. The fourth-order valence-electron chi connectivity index (χ4n) is 2.46. The number of hydrogen-bond donors (Lipinski definition) is 0. The highest BCUT2D eigenvalue weighted by Gasteiger charge is 2.18. The van der Waals surface area contributed by atoms with Crippen LogP contribution in [0.15, 0.2) is 30.3 Å². The molecule has 0 saturated heterocycles. The van der Waals surface area contributed by atoms with Gasteiger partial charge in [0.1, 0.15) is 0 Å². The summed E-state index contributed by atoms with van der Waals surface area (Å²) in [6.07, 6.45) is 0. The van der Waals surface area contributed by atoms with Crippen molar-refractivity contribution in [2.75, 3.05) is 0 Å². The molecule has 1 atom stereocenters. The average Bonchev–Trinajstić information content (AvgIpc) is 2.33. The number of rotatable bonds is 2. The summed E-state index contributed by atoms with van der Waals surface area (Å²) in [6, 6.07) is 10.4. The molecule has 2 rings (SSSR count). The lowest BCUT2D eigenvalue weighted by Gasteiger charge is -2.19. The zero-order valence-electron chi connectivity index (χ0n) is 11.7. The third kappa shape index (κ3) is 2.80. The second-order valence-corrected chi connectivity index (χ2v) is 5.97. The van der Waals surface area contributed by atoms with Crippen molar-refractivity contribution in [1.82, 2.24) is 0 Å². The van der Waals surface area contributed by atoms with Crippen LogP contribution in [-0.4, -0.2) is 0 Å². The summed E-state index contributed by atoms with van der Waals surface area (Å²) in [4.78, 5) is 0. The van der Waals surface area contributed by atoms with E-state index in [0.717, 1.165) is 21.7 Å². The minimum absolute atomic E-state index is 0.128. The van der Waals surface area contributed by atoms with Gasteiger partial charge in [0.2, 0.25) is 0 Å². The van der Waals surface area contributed by atoms with Gasteiger partial charge in [0.05, 0.1) is 5.38 Å². The fraction of sp³-hybridized carbons (Fsp3) is 0.294. The Kier molecular flexibility index (Phi) is 4.23. The SMILES string of the molecule is Cc1cc(C(Cl)c2c(C)cccc2C)c(C)cc1Cl. The van der Waals surface area contributed by atoms with Gasteiger partial charge >= 0.3 is 0 Å². The van der Waals surface area contributed by atoms with Crippen molar-refractivity contribution in [3.63, 3.8) is 0 Å². The van der Waals surface area contributed by atoms with Gasteiger partial charge in [-0.05, 0) is 67.1 Å². The molecule has 0 N–H and O–H groups in total. The van der Waals surface area contributed by atoms with Crippen LogP contribution >= 0.6 is 23.2 Å². The van der Waals surface area contributed by atoms with Gasteiger partial charge in [0.15, 0.2) is 0 Å². The van der Waals surface area contributed by atoms with Gasteiger partial charge in [-0.3, -0.25) is 0 Å². The van der Waals surface area contributed by atoms with Crippen molar-refractivity contribution in [2.24, 2.45) is 0 Å². The lowest BCUT2D eigenvalue weighted by Crippen LogP contribution is -2.02. The van der Waals surface area contributed by atoms with Crippen molar-refractivity contribution in [1.29, 1.82) is 0 Å². The van der Waals surface area contributed by atoms with Crippen molar-refractivity contribution in [2.45, 2.75) is 33.1 Å². The Balaban J connectivity index is 2.56. The molecular formula is C17H18Cl2. The summed E-state index contributed by atoms with van der Waals surface area (Å²) >= 11 is 12.9. The first kappa shape index (κ1) is 14.4. The second kappa shape index (κ2) is 5.56. The Labute approximate surface area is 125 Å². The molecule has 0 aliphatic carbocycles. The molecule has 19 heavy (non-hydrogen) atoms. The van der Waals surface area contributed by atoms with E-state index in [-0.39, 0.29) is 5.38 Å². The summed E-state index contributed by atoms with van der Waals surface area (Å²) in [7, 11) is 0. The highest BCUT2D eigenvalue weighted by molar-refractivity contribution is 6.31. The Hall–Kier alpha value is -0.980. The Morgan fingerprint density at radius 2 is 1.42 bits per heavy atom. The molecular weight excluding hydrogens is 275 g/mol. The minimum atomic E-state index is -0.128. The van der Waals surface area contributed by atoms with Crippen LogP contribution in [-0.2, 0) is 0 Å². The van der Waals surface area contributed by atoms with Crippen LogP contribution < -0.4 is 0 Å². The molecule has 100 valence electrons. The molecule has 0 nitrogen and oxygen atoms in total. The topological polar surface area (TPSA) is 0 Å². The molecule has 0 radical (unpaired) electrons. The summed E-state index contributed by atoms with van der Waals surface area (Å²) in [6.45, 7) is 8.29. The predicted octanol–water partition coefficient (Wildman–Crippen LogP) is 5.90. The highest BCUT2D eigenvalue weighted by atomic mass is 35.5. The molecule has 0 fully saturated rings. The molecule has 0 spiro atoms. The van der Waals surface area contributed by atoms with Gasteiger partial charge in [0.25, 0.3) is 0 Å². The first-order valence-corrected chi connectivity index (χ1v) is 7.20. The van der Waals surface area contributed by atoms with Crippen LogP contribution in [0.1, 0.15) is 38.8 Å². The largest absolute Gasteiger partial charge is 0.113 e. The quantitative estimate of drug-likeness (QED) is 0.604. The molecule has 2 aromatic rings. The van der Waals surface area contributed by atoms with Gasteiger partial charge in [-0.15, -0.1) is 11.6 Å². The van der Waals surface area contributed by atoms with Gasteiger partial charge in [0, 0.05) is 5.02 Å². The van der Waals surface area contributed by atoms with Crippen molar-refractivity contribution in [3.8, 4) is 0 Å². The van der Waals surface area contributed by atoms with E-state index >= 15 is 0 Å². The molecule has 0 aliphatic heterocycles. The zero-order chi connectivity index (χ0) is 14.2. The maximum absolute atomic E-state index is 6.73. The first-order chi connectivity index (χ1) is 8.91. The smallest absolute Gasteiger partial charge is 0.0843 e. The molecule has 2 heteroatoms. The fourth-order valence-corrected chi connectivity index (χ4v) is 3.26. The number of hydrogen-bond acceptors (Lipinski definition) is 0. The van der Waals surface area contributed by atoms with Gasteiger partial charge in [-0.2, -0.15) is 0 Å². The van der Waals surface area contributed by atoms with E-state index < -0.39 is 0 Å². The highest BCUT2D eigenvalue weighted by Crippen LogP contribution is 2.36. The average molecular weight is 293 g/mol. The van der Waals surface area contributed by atoms with Crippen LogP contribution in [0, 0.1) is 27.7 Å². The number of alkyl halides is 1. The Morgan fingerprint density at radius 1 is 0.842 bits per heavy atom. The molecule has 0 heterocycles. The van der Waals surface area contributed by atoms with E-state index in [2.05, 4.69) is 45.0 Å². The summed E-state index contributed by atoms with van der Waals surface area (Å²) < 4.78 is 0. The molecule has 0 aliphatic rings. The van der Waals surface area contributed by atoms with Crippen LogP contribution in [0.5, 0.6) is 0 Å². The van der Waals surface area contributed by atoms with E-state index in [1.54, 1.807) is 0 Å². The van der Waals surface area contributed by atoms with Crippen LogP contribution in [0.4, 0.5) is 0 Å².